The Balaban J connectivity index is 2.90. The van der Waals surface area contributed by atoms with Crippen LogP contribution in [0, 0.1) is 12.8 Å². The predicted octanol–water partition coefficient (Wildman–Crippen LogP) is 1.42. The van der Waals surface area contributed by atoms with Crippen molar-refractivity contribution in [3.63, 3.8) is 0 Å². The van der Waals surface area contributed by atoms with E-state index in [1.807, 2.05) is 0 Å². The first-order valence-corrected chi connectivity index (χ1v) is 7.68. The van der Waals surface area contributed by atoms with Crippen LogP contribution in [0.15, 0.2) is 23.1 Å². The average molecular weight is 284 g/mol. The van der Waals surface area contributed by atoms with Gasteiger partial charge in [0.25, 0.3) is 5.91 Å². The topological polar surface area (TPSA) is 89.3 Å². The normalized spacial score (nSPS) is 11.6. The zero-order valence-electron chi connectivity index (χ0n) is 11.4. The zero-order chi connectivity index (χ0) is 14.6. The summed E-state index contributed by atoms with van der Waals surface area (Å²) in [5, 5.41) is 7.83. The van der Waals surface area contributed by atoms with Gasteiger partial charge < -0.3 is 5.32 Å². The third-order valence-electron chi connectivity index (χ3n) is 2.79. The summed E-state index contributed by atoms with van der Waals surface area (Å²) in [7, 11) is -3.79. The van der Waals surface area contributed by atoms with Crippen LogP contribution < -0.4 is 10.5 Å². The van der Waals surface area contributed by atoms with Crippen molar-refractivity contribution < 1.29 is 13.2 Å². The maximum absolute atomic E-state index is 12.0. The number of nitrogens with two attached hydrogens (primary N) is 1. The first-order valence-electron chi connectivity index (χ1n) is 6.13. The molecule has 0 aromatic heterocycles. The van der Waals surface area contributed by atoms with Gasteiger partial charge in [-0.1, -0.05) is 19.9 Å². The van der Waals surface area contributed by atoms with E-state index in [9.17, 15) is 13.2 Å². The fourth-order valence-corrected chi connectivity index (χ4v) is 2.13. The molecule has 0 fully saturated rings. The molecule has 6 heteroatoms. The molecule has 19 heavy (non-hydrogen) atoms. The lowest BCUT2D eigenvalue weighted by atomic mass is 10.1. The minimum Gasteiger partial charge on any atom is -0.352 e. The summed E-state index contributed by atoms with van der Waals surface area (Å²) in [5.41, 5.74) is 1.06. The Hall–Kier alpha value is -1.40. The van der Waals surface area contributed by atoms with Crippen LogP contribution in [0.1, 0.15) is 36.2 Å². The van der Waals surface area contributed by atoms with Gasteiger partial charge in [0, 0.05) is 12.1 Å². The van der Waals surface area contributed by atoms with Gasteiger partial charge in [0.15, 0.2) is 0 Å². The molecule has 0 spiro atoms. The van der Waals surface area contributed by atoms with Gasteiger partial charge in [0.2, 0.25) is 10.0 Å². The number of nitrogens with one attached hydrogen (secondary N) is 1. The van der Waals surface area contributed by atoms with Crippen molar-refractivity contribution in [2.45, 2.75) is 32.1 Å². The van der Waals surface area contributed by atoms with Crippen molar-refractivity contribution in [3.8, 4) is 0 Å². The molecule has 0 bridgehead atoms. The number of amides is 1. The van der Waals surface area contributed by atoms with Crippen molar-refractivity contribution in [2.24, 2.45) is 11.1 Å². The molecule has 1 aromatic rings. The minimum atomic E-state index is -3.79. The molecular weight excluding hydrogens is 264 g/mol. The number of primary sulfonamides is 1. The molecular formula is C13H20N2O3S. The summed E-state index contributed by atoms with van der Waals surface area (Å²) in [4.78, 5) is 11.9. The molecule has 0 unspecified atom stereocenters. The van der Waals surface area contributed by atoms with Gasteiger partial charge in [-0.3, -0.25) is 4.79 Å². The van der Waals surface area contributed by atoms with E-state index in [-0.39, 0.29) is 10.8 Å². The van der Waals surface area contributed by atoms with Crippen molar-refractivity contribution >= 4 is 15.9 Å². The molecule has 0 heterocycles. The first-order chi connectivity index (χ1) is 8.71. The Bertz CT molecular complexity index is 565. The molecule has 3 N–H and O–H groups in total. The fourth-order valence-electron chi connectivity index (χ4n) is 1.59. The van der Waals surface area contributed by atoms with Gasteiger partial charge in [-0.15, -0.1) is 0 Å². The van der Waals surface area contributed by atoms with Crippen LogP contribution in [-0.2, 0) is 10.0 Å². The summed E-state index contributed by atoms with van der Waals surface area (Å²) < 4.78 is 22.5. The highest BCUT2D eigenvalue weighted by Crippen LogP contribution is 2.14. The van der Waals surface area contributed by atoms with Crippen molar-refractivity contribution in [1.82, 2.24) is 5.32 Å². The molecule has 5 nitrogen and oxygen atoms in total. The molecule has 0 saturated carbocycles. The molecule has 0 aliphatic carbocycles. The van der Waals surface area contributed by atoms with E-state index < -0.39 is 10.0 Å². The molecule has 0 radical (unpaired) electrons. The second-order valence-corrected chi connectivity index (χ2v) is 6.52. The lowest BCUT2D eigenvalue weighted by Gasteiger charge is -2.10. The highest BCUT2D eigenvalue weighted by Gasteiger charge is 2.14. The second kappa shape index (κ2) is 6.16. The Morgan fingerprint density at radius 2 is 2.00 bits per heavy atom. The average Bonchev–Trinajstić information content (AvgIpc) is 2.27. The van der Waals surface area contributed by atoms with Crippen molar-refractivity contribution in [2.75, 3.05) is 6.54 Å². The maximum atomic E-state index is 12.0. The summed E-state index contributed by atoms with van der Waals surface area (Å²) in [5.74, 6) is 0.223. The van der Waals surface area contributed by atoms with Gasteiger partial charge in [0.1, 0.15) is 0 Å². The lowest BCUT2D eigenvalue weighted by Crippen LogP contribution is -2.26. The first kappa shape index (κ1) is 15.7. The third-order valence-corrected chi connectivity index (χ3v) is 3.70. The van der Waals surface area contributed by atoms with Crippen LogP contribution >= 0.6 is 0 Å². The summed E-state index contributed by atoms with van der Waals surface area (Å²) >= 11 is 0. The molecule has 1 rings (SSSR count). The number of hydrogen-bond acceptors (Lipinski definition) is 3. The molecule has 0 saturated heterocycles. The number of benzene rings is 1. The van der Waals surface area contributed by atoms with E-state index in [4.69, 9.17) is 5.14 Å². The van der Waals surface area contributed by atoms with E-state index in [0.29, 0.717) is 18.0 Å². The van der Waals surface area contributed by atoms with Crippen LogP contribution in [0.2, 0.25) is 0 Å². The second-order valence-electron chi connectivity index (χ2n) is 4.96. The molecule has 106 valence electrons. The van der Waals surface area contributed by atoms with Gasteiger partial charge in [0.05, 0.1) is 4.90 Å². The number of sulfonamides is 1. The van der Waals surface area contributed by atoms with Gasteiger partial charge in [-0.25, -0.2) is 13.6 Å². The van der Waals surface area contributed by atoms with E-state index in [0.717, 1.165) is 12.0 Å². The van der Waals surface area contributed by atoms with E-state index in [1.165, 1.54) is 12.1 Å². The Labute approximate surface area is 114 Å². The van der Waals surface area contributed by atoms with Crippen LogP contribution in [-0.4, -0.2) is 20.9 Å². The van der Waals surface area contributed by atoms with E-state index in [1.54, 1.807) is 13.0 Å². The van der Waals surface area contributed by atoms with Gasteiger partial charge in [-0.05, 0) is 37.0 Å². The smallest absolute Gasteiger partial charge is 0.251 e. The summed E-state index contributed by atoms with van der Waals surface area (Å²) in [6.45, 7) is 6.46. The SMILES string of the molecule is Cc1ccc(S(N)(=O)=O)cc1C(=O)NCCC(C)C. The highest BCUT2D eigenvalue weighted by atomic mass is 32.2. The quantitative estimate of drug-likeness (QED) is 0.857. The monoisotopic (exact) mass is 284 g/mol. The summed E-state index contributed by atoms with van der Waals surface area (Å²) in [6.07, 6.45) is 0.875. The van der Waals surface area contributed by atoms with Gasteiger partial charge >= 0.3 is 0 Å². The molecule has 1 aromatic carbocycles. The van der Waals surface area contributed by atoms with Crippen molar-refractivity contribution in [3.05, 3.63) is 29.3 Å². The lowest BCUT2D eigenvalue weighted by molar-refractivity contribution is 0.0951. The minimum absolute atomic E-state index is 0.0490. The molecule has 0 atom stereocenters. The van der Waals surface area contributed by atoms with Crippen LogP contribution in [0.5, 0.6) is 0 Å². The Morgan fingerprint density at radius 1 is 1.37 bits per heavy atom. The number of rotatable bonds is 5. The summed E-state index contributed by atoms with van der Waals surface area (Å²) in [6, 6.07) is 4.29. The Morgan fingerprint density at radius 3 is 2.53 bits per heavy atom. The van der Waals surface area contributed by atoms with Crippen LogP contribution in [0.25, 0.3) is 0 Å². The van der Waals surface area contributed by atoms with E-state index in [2.05, 4.69) is 19.2 Å². The standard InChI is InChI=1S/C13H20N2O3S/c1-9(2)6-7-15-13(16)12-8-11(19(14,17)18)5-4-10(12)3/h4-5,8-9H,6-7H2,1-3H3,(H,15,16)(H2,14,17,18). The zero-order valence-corrected chi connectivity index (χ0v) is 12.3. The van der Waals surface area contributed by atoms with Gasteiger partial charge in [-0.2, -0.15) is 0 Å². The van der Waals surface area contributed by atoms with Crippen LogP contribution in [0.4, 0.5) is 0 Å². The third kappa shape index (κ3) is 4.65. The fraction of sp³-hybridized carbons (Fsp3) is 0.462. The molecule has 1 amide bonds. The van der Waals surface area contributed by atoms with Crippen LogP contribution in [0.3, 0.4) is 0 Å². The predicted molar refractivity (Wildman–Crippen MR) is 74.3 cm³/mol. The maximum Gasteiger partial charge on any atom is 0.251 e. The largest absolute Gasteiger partial charge is 0.352 e. The number of carbonyl (C=O) groups excluding carboxylic acids is 1. The molecule has 0 aliphatic rings. The van der Waals surface area contributed by atoms with Crippen molar-refractivity contribution in [1.29, 1.82) is 0 Å². The number of carbonyl (C=O) groups is 1. The Kier molecular flexibility index (Phi) is 5.08. The van der Waals surface area contributed by atoms with E-state index >= 15 is 0 Å². The number of aryl methyl sites for hydroxylation is 1. The highest BCUT2D eigenvalue weighted by molar-refractivity contribution is 7.89. The number of hydrogen-bond donors (Lipinski definition) is 2. The molecule has 0 aliphatic heterocycles.